The van der Waals surface area contributed by atoms with Gasteiger partial charge in [0.15, 0.2) is 0 Å². The van der Waals surface area contributed by atoms with E-state index < -0.39 is 16.0 Å². The van der Waals surface area contributed by atoms with Crippen LogP contribution in [0.4, 0.5) is 0 Å². The monoisotopic (exact) mass is 337 g/mol. The van der Waals surface area contributed by atoms with E-state index in [1.165, 1.54) is 19.2 Å². The lowest BCUT2D eigenvalue weighted by Crippen LogP contribution is -2.27. The Morgan fingerprint density at radius 3 is 2.48 bits per heavy atom. The van der Waals surface area contributed by atoms with E-state index in [-0.39, 0.29) is 17.0 Å². The zero-order chi connectivity index (χ0) is 17.2. The molecule has 0 aliphatic carbocycles. The standard InChI is InChI=1S/C16H19NO5S/c1-4-12-6-7-13(16(18)19)9-15(12)23(20,21)17(3)10-14-8-5-11(2)22-14/h5-9H,4,10H2,1-3H3,(H,18,19). The molecule has 124 valence electrons. The summed E-state index contributed by atoms with van der Waals surface area (Å²) in [5.41, 5.74) is 0.528. The fraction of sp³-hybridized carbons (Fsp3) is 0.312. The molecule has 6 nitrogen and oxygen atoms in total. The van der Waals surface area contributed by atoms with Crippen molar-refractivity contribution in [2.75, 3.05) is 7.05 Å². The molecule has 7 heteroatoms. The molecule has 0 saturated carbocycles. The molecule has 0 unspecified atom stereocenters. The van der Waals surface area contributed by atoms with Crippen molar-refractivity contribution in [1.82, 2.24) is 4.31 Å². The van der Waals surface area contributed by atoms with Crippen LogP contribution in [-0.2, 0) is 23.0 Å². The maximum absolute atomic E-state index is 12.8. The minimum Gasteiger partial charge on any atom is -0.478 e. The molecule has 0 saturated heterocycles. The van der Waals surface area contributed by atoms with Crippen molar-refractivity contribution >= 4 is 16.0 Å². The lowest BCUT2D eigenvalue weighted by atomic mass is 10.1. The van der Waals surface area contributed by atoms with Gasteiger partial charge >= 0.3 is 5.97 Å². The van der Waals surface area contributed by atoms with Crippen LogP contribution in [0.5, 0.6) is 0 Å². The summed E-state index contributed by atoms with van der Waals surface area (Å²) in [5, 5.41) is 9.09. The van der Waals surface area contributed by atoms with Crippen LogP contribution in [0.15, 0.2) is 39.6 Å². The maximum Gasteiger partial charge on any atom is 0.335 e. The number of sulfonamides is 1. The third-order valence-corrected chi connectivity index (χ3v) is 5.44. The third kappa shape index (κ3) is 3.62. The zero-order valence-corrected chi connectivity index (χ0v) is 14.1. The van der Waals surface area contributed by atoms with Crippen molar-refractivity contribution in [2.45, 2.75) is 31.7 Å². The summed E-state index contributed by atoms with van der Waals surface area (Å²) in [6, 6.07) is 7.64. The molecule has 1 aromatic heterocycles. The van der Waals surface area contributed by atoms with E-state index in [0.29, 0.717) is 23.5 Å². The number of carbonyl (C=O) groups is 1. The van der Waals surface area contributed by atoms with Gasteiger partial charge in [-0.3, -0.25) is 0 Å². The Labute approximate surface area is 135 Å². The lowest BCUT2D eigenvalue weighted by molar-refractivity contribution is 0.0696. The number of nitrogens with zero attached hydrogens (tertiary/aromatic N) is 1. The fourth-order valence-corrected chi connectivity index (χ4v) is 3.71. The molecular formula is C16H19NO5S. The van der Waals surface area contributed by atoms with Gasteiger partial charge in [-0.25, -0.2) is 13.2 Å². The van der Waals surface area contributed by atoms with Crippen LogP contribution in [0, 0.1) is 6.92 Å². The van der Waals surface area contributed by atoms with Gasteiger partial charge in [0.05, 0.1) is 17.0 Å². The normalized spacial score (nSPS) is 11.8. The summed E-state index contributed by atoms with van der Waals surface area (Å²) < 4.78 is 32.1. The second kappa shape index (κ2) is 6.55. The predicted octanol–water partition coefficient (Wildman–Crippen LogP) is 2.67. The largest absolute Gasteiger partial charge is 0.478 e. The molecule has 0 aliphatic rings. The number of hydrogen-bond acceptors (Lipinski definition) is 4. The van der Waals surface area contributed by atoms with Crippen LogP contribution in [-0.4, -0.2) is 30.8 Å². The summed E-state index contributed by atoms with van der Waals surface area (Å²) in [4.78, 5) is 11.1. The van der Waals surface area contributed by atoms with E-state index in [0.717, 1.165) is 4.31 Å². The smallest absolute Gasteiger partial charge is 0.335 e. The first-order chi connectivity index (χ1) is 10.8. The highest BCUT2D eigenvalue weighted by Gasteiger charge is 2.25. The van der Waals surface area contributed by atoms with E-state index in [4.69, 9.17) is 9.52 Å². The van der Waals surface area contributed by atoms with Crippen LogP contribution in [0.1, 0.15) is 34.4 Å². The van der Waals surface area contributed by atoms with Gasteiger partial charge in [0.2, 0.25) is 10.0 Å². The Morgan fingerprint density at radius 2 is 1.96 bits per heavy atom. The summed E-state index contributed by atoms with van der Waals surface area (Å²) in [7, 11) is -2.37. The number of aryl methyl sites for hydroxylation is 2. The SMILES string of the molecule is CCc1ccc(C(=O)O)cc1S(=O)(=O)N(C)Cc1ccc(C)o1. The Bertz CT molecular complexity index is 823. The Balaban J connectivity index is 2.41. The highest BCUT2D eigenvalue weighted by molar-refractivity contribution is 7.89. The first-order valence-corrected chi connectivity index (χ1v) is 8.57. The molecule has 1 heterocycles. The molecule has 2 aromatic rings. The topological polar surface area (TPSA) is 87.8 Å². The van der Waals surface area contributed by atoms with Gasteiger partial charge in [-0.05, 0) is 43.2 Å². The third-order valence-electron chi connectivity index (χ3n) is 3.56. The summed E-state index contributed by atoms with van der Waals surface area (Å²) in [6.45, 7) is 3.69. The predicted molar refractivity (Wildman–Crippen MR) is 84.9 cm³/mol. The number of aromatic carboxylic acids is 1. The molecule has 0 amide bonds. The minimum absolute atomic E-state index is 0.0191. The number of hydrogen-bond donors (Lipinski definition) is 1. The molecule has 0 bridgehead atoms. The van der Waals surface area contributed by atoms with Crippen LogP contribution in [0.25, 0.3) is 0 Å². The number of rotatable bonds is 6. The van der Waals surface area contributed by atoms with Gasteiger partial charge in [-0.1, -0.05) is 13.0 Å². The van der Waals surface area contributed by atoms with Crippen LogP contribution in [0.2, 0.25) is 0 Å². The first kappa shape index (κ1) is 17.2. The van der Waals surface area contributed by atoms with Gasteiger partial charge in [0.25, 0.3) is 0 Å². The highest BCUT2D eigenvalue weighted by Crippen LogP contribution is 2.23. The average molecular weight is 337 g/mol. The molecule has 1 aromatic carbocycles. The van der Waals surface area contributed by atoms with Crippen molar-refractivity contribution in [1.29, 1.82) is 0 Å². The van der Waals surface area contributed by atoms with E-state index >= 15 is 0 Å². The fourth-order valence-electron chi connectivity index (χ4n) is 2.26. The van der Waals surface area contributed by atoms with E-state index in [1.54, 1.807) is 25.1 Å². The molecule has 0 radical (unpaired) electrons. The van der Waals surface area contributed by atoms with Gasteiger partial charge in [-0.2, -0.15) is 4.31 Å². The van der Waals surface area contributed by atoms with E-state index in [1.807, 2.05) is 6.92 Å². The second-order valence-corrected chi connectivity index (χ2v) is 7.27. The van der Waals surface area contributed by atoms with Gasteiger partial charge < -0.3 is 9.52 Å². The molecule has 0 fully saturated rings. The molecule has 2 rings (SSSR count). The van der Waals surface area contributed by atoms with Crippen molar-refractivity contribution < 1.29 is 22.7 Å². The van der Waals surface area contributed by atoms with Crippen molar-refractivity contribution in [2.24, 2.45) is 0 Å². The molecule has 0 spiro atoms. The van der Waals surface area contributed by atoms with Crippen LogP contribution >= 0.6 is 0 Å². The first-order valence-electron chi connectivity index (χ1n) is 7.13. The van der Waals surface area contributed by atoms with E-state index in [2.05, 4.69) is 0 Å². The van der Waals surface area contributed by atoms with Crippen molar-refractivity contribution in [3.63, 3.8) is 0 Å². The van der Waals surface area contributed by atoms with Crippen LogP contribution < -0.4 is 0 Å². The Morgan fingerprint density at radius 1 is 1.26 bits per heavy atom. The molecule has 23 heavy (non-hydrogen) atoms. The minimum atomic E-state index is -3.82. The second-order valence-electron chi connectivity index (χ2n) is 5.25. The Kier molecular flexibility index (Phi) is 4.91. The highest BCUT2D eigenvalue weighted by atomic mass is 32.2. The van der Waals surface area contributed by atoms with Gasteiger partial charge in [-0.15, -0.1) is 0 Å². The number of benzene rings is 1. The van der Waals surface area contributed by atoms with Gasteiger partial charge in [0.1, 0.15) is 11.5 Å². The Hall–Kier alpha value is -2.12. The summed E-state index contributed by atoms with van der Waals surface area (Å²) in [6.07, 6.45) is 0.488. The maximum atomic E-state index is 12.8. The zero-order valence-electron chi connectivity index (χ0n) is 13.2. The lowest BCUT2D eigenvalue weighted by Gasteiger charge is -2.18. The van der Waals surface area contributed by atoms with Crippen molar-refractivity contribution in [3.8, 4) is 0 Å². The number of furan rings is 1. The molecule has 0 atom stereocenters. The quantitative estimate of drug-likeness (QED) is 0.875. The molecule has 0 aliphatic heterocycles. The summed E-state index contributed by atoms with van der Waals surface area (Å²) >= 11 is 0. The van der Waals surface area contributed by atoms with Crippen molar-refractivity contribution in [3.05, 3.63) is 53.0 Å². The van der Waals surface area contributed by atoms with Gasteiger partial charge in [0, 0.05) is 7.05 Å². The average Bonchev–Trinajstić information content (AvgIpc) is 2.91. The molecular weight excluding hydrogens is 318 g/mol. The number of carboxylic acid groups (broad SMARTS) is 1. The number of carboxylic acids is 1. The van der Waals surface area contributed by atoms with E-state index in [9.17, 15) is 13.2 Å². The molecule has 1 N–H and O–H groups in total. The van der Waals surface area contributed by atoms with Crippen LogP contribution in [0.3, 0.4) is 0 Å². The summed E-state index contributed by atoms with van der Waals surface area (Å²) in [5.74, 6) is 0.0716.